The van der Waals surface area contributed by atoms with Crippen LogP contribution in [0.1, 0.15) is 27.0 Å². The molecule has 0 atom stereocenters. The first-order valence-corrected chi connectivity index (χ1v) is 12.6. The Morgan fingerprint density at radius 3 is 2.31 bits per heavy atom. The zero-order valence-electron chi connectivity index (χ0n) is 22.2. The lowest BCUT2D eigenvalue weighted by molar-refractivity contribution is 0.0742. The van der Waals surface area contributed by atoms with Gasteiger partial charge in [0.15, 0.2) is 0 Å². The minimum atomic E-state index is -0.325. The van der Waals surface area contributed by atoms with Crippen LogP contribution < -0.4 is 19.7 Å². The summed E-state index contributed by atoms with van der Waals surface area (Å²) in [5.41, 5.74) is 4.73. The zero-order valence-corrected chi connectivity index (χ0v) is 22.2. The Bertz CT molecular complexity index is 1580. The number of pyridine rings is 1. The van der Waals surface area contributed by atoms with Crippen molar-refractivity contribution in [2.75, 3.05) is 27.4 Å². The van der Waals surface area contributed by atoms with Crippen LogP contribution in [0.3, 0.4) is 0 Å². The van der Waals surface area contributed by atoms with E-state index in [2.05, 4.69) is 0 Å². The molecule has 1 amide bonds. The summed E-state index contributed by atoms with van der Waals surface area (Å²) in [5.74, 6) is 1.27. The monoisotopic (exact) mass is 527 g/mol. The van der Waals surface area contributed by atoms with Crippen LogP contribution in [-0.4, -0.2) is 42.7 Å². The average Bonchev–Trinajstić information content (AvgIpc) is 3.08. The number of carbonyl (C=O) groups excluding carboxylic acids is 1. The summed E-state index contributed by atoms with van der Waals surface area (Å²) in [4.78, 5) is 15.8. The van der Waals surface area contributed by atoms with Gasteiger partial charge in [0.2, 0.25) is 0 Å². The van der Waals surface area contributed by atoms with Gasteiger partial charge >= 0.3 is 0 Å². The number of aromatic nitrogens is 1. The standard InChI is InChI=1S/C31H30FN3O4/c1-20-12-23(32)7-8-26(20)27-15-22(18-34-9-5-4-6-29(34)33)16-28-30(27)39-11-10-35(31(28)36)19-21-13-24(37-2)17-25(14-21)38-3/h4-9,12-17,33H,10-11,18-19H2,1-3H3. The molecule has 0 saturated carbocycles. The molecule has 3 aromatic carbocycles. The number of aryl methyl sites for hydroxylation is 1. The minimum absolute atomic E-state index is 0.170. The van der Waals surface area contributed by atoms with Crippen LogP contribution in [0.4, 0.5) is 4.39 Å². The number of amides is 1. The van der Waals surface area contributed by atoms with Gasteiger partial charge in [0.05, 0.1) is 26.3 Å². The molecule has 2 heterocycles. The van der Waals surface area contributed by atoms with E-state index < -0.39 is 0 Å². The number of rotatable bonds is 7. The SMILES string of the molecule is COc1cc(CN2CCOc3c(cc(Cn4ccccc4=N)cc3-c3ccc(F)cc3C)C2=O)cc(OC)c1. The Hall–Kier alpha value is -4.59. The maximum absolute atomic E-state index is 14.0. The van der Waals surface area contributed by atoms with Crippen LogP contribution in [0.15, 0.2) is 72.9 Å². The van der Waals surface area contributed by atoms with Crippen molar-refractivity contribution in [1.82, 2.24) is 9.47 Å². The van der Waals surface area contributed by atoms with E-state index >= 15 is 0 Å². The van der Waals surface area contributed by atoms with E-state index in [0.717, 1.165) is 27.8 Å². The molecule has 8 heteroatoms. The fourth-order valence-electron chi connectivity index (χ4n) is 4.89. The van der Waals surface area contributed by atoms with Crippen LogP contribution in [-0.2, 0) is 13.1 Å². The fourth-order valence-corrected chi connectivity index (χ4v) is 4.89. The maximum atomic E-state index is 14.0. The molecular formula is C31H30FN3O4. The molecule has 0 bridgehead atoms. The third-order valence-corrected chi connectivity index (χ3v) is 6.83. The first-order valence-electron chi connectivity index (χ1n) is 12.6. The molecule has 1 aliphatic rings. The maximum Gasteiger partial charge on any atom is 0.258 e. The summed E-state index contributed by atoms with van der Waals surface area (Å²) in [6.07, 6.45) is 1.83. The zero-order chi connectivity index (χ0) is 27.5. The second-order valence-electron chi connectivity index (χ2n) is 9.49. The van der Waals surface area contributed by atoms with Crippen molar-refractivity contribution in [3.8, 4) is 28.4 Å². The van der Waals surface area contributed by atoms with E-state index in [-0.39, 0.29) is 11.7 Å². The highest BCUT2D eigenvalue weighted by Gasteiger charge is 2.28. The molecule has 39 heavy (non-hydrogen) atoms. The van der Waals surface area contributed by atoms with Gasteiger partial charge in [0.1, 0.15) is 35.2 Å². The number of nitrogens with one attached hydrogen (secondary N) is 1. The van der Waals surface area contributed by atoms with Crippen molar-refractivity contribution in [1.29, 1.82) is 5.41 Å². The predicted octanol–water partition coefficient (Wildman–Crippen LogP) is 5.18. The van der Waals surface area contributed by atoms with Gasteiger partial charge in [0.25, 0.3) is 5.91 Å². The van der Waals surface area contributed by atoms with Crippen molar-refractivity contribution in [3.05, 3.63) is 106 Å². The first-order chi connectivity index (χ1) is 18.9. The molecule has 0 radical (unpaired) electrons. The van der Waals surface area contributed by atoms with Crippen LogP contribution in [0.25, 0.3) is 11.1 Å². The molecule has 7 nitrogen and oxygen atoms in total. The van der Waals surface area contributed by atoms with E-state index in [1.807, 2.05) is 49.5 Å². The summed E-state index contributed by atoms with van der Waals surface area (Å²) in [5, 5.41) is 8.28. The Morgan fingerprint density at radius 1 is 0.897 bits per heavy atom. The molecule has 0 aliphatic carbocycles. The molecule has 1 aromatic heterocycles. The van der Waals surface area contributed by atoms with Crippen molar-refractivity contribution >= 4 is 5.91 Å². The van der Waals surface area contributed by atoms with Crippen LogP contribution in [0.5, 0.6) is 17.2 Å². The molecular weight excluding hydrogens is 497 g/mol. The highest BCUT2D eigenvalue weighted by molar-refractivity contribution is 6.00. The number of methoxy groups -OCH3 is 2. The van der Waals surface area contributed by atoms with Crippen molar-refractivity contribution in [2.24, 2.45) is 0 Å². The van der Waals surface area contributed by atoms with Gasteiger partial charge in [0, 0.05) is 30.9 Å². The molecule has 4 aromatic rings. The molecule has 0 spiro atoms. The minimum Gasteiger partial charge on any atom is -0.497 e. The van der Waals surface area contributed by atoms with Gasteiger partial charge in [-0.15, -0.1) is 0 Å². The second kappa shape index (κ2) is 11.0. The molecule has 1 aliphatic heterocycles. The Balaban J connectivity index is 1.60. The number of nitrogens with zero attached hydrogens (tertiary/aromatic N) is 2. The summed E-state index contributed by atoms with van der Waals surface area (Å²) in [7, 11) is 3.18. The van der Waals surface area contributed by atoms with E-state index in [4.69, 9.17) is 19.6 Å². The highest BCUT2D eigenvalue weighted by atomic mass is 19.1. The summed E-state index contributed by atoms with van der Waals surface area (Å²) in [6.45, 7) is 3.26. The number of benzene rings is 3. The number of carbonyl (C=O) groups is 1. The molecule has 1 N–H and O–H groups in total. The predicted molar refractivity (Wildman–Crippen MR) is 146 cm³/mol. The van der Waals surface area contributed by atoms with Crippen LogP contribution >= 0.6 is 0 Å². The topological polar surface area (TPSA) is 76.8 Å². The largest absolute Gasteiger partial charge is 0.497 e. The molecule has 0 saturated heterocycles. The molecule has 5 rings (SSSR count). The Kier molecular flexibility index (Phi) is 7.36. The van der Waals surface area contributed by atoms with E-state index in [0.29, 0.717) is 54.5 Å². The summed E-state index contributed by atoms with van der Waals surface area (Å²) in [6, 6.07) is 19.4. The second-order valence-corrected chi connectivity index (χ2v) is 9.49. The fraction of sp³-hybridized carbons (Fsp3) is 0.226. The number of ether oxygens (including phenoxy) is 3. The van der Waals surface area contributed by atoms with Gasteiger partial charge in [-0.3, -0.25) is 10.2 Å². The average molecular weight is 528 g/mol. The van der Waals surface area contributed by atoms with Gasteiger partial charge in [-0.2, -0.15) is 0 Å². The lowest BCUT2D eigenvalue weighted by Gasteiger charge is -2.21. The third-order valence-electron chi connectivity index (χ3n) is 6.83. The number of hydrogen-bond acceptors (Lipinski definition) is 5. The molecule has 200 valence electrons. The summed E-state index contributed by atoms with van der Waals surface area (Å²) >= 11 is 0. The Labute approximate surface area is 226 Å². The number of hydrogen-bond donors (Lipinski definition) is 1. The van der Waals surface area contributed by atoms with Gasteiger partial charge in [-0.1, -0.05) is 12.1 Å². The van der Waals surface area contributed by atoms with Crippen molar-refractivity contribution in [3.63, 3.8) is 0 Å². The number of fused-ring (bicyclic) bond motifs is 1. The quantitative estimate of drug-likeness (QED) is 0.359. The third kappa shape index (κ3) is 5.50. The smallest absolute Gasteiger partial charge is 0.258 e. The molecule has 0 fully saturated rings. The normalized spacial score (nSPS) is 12.9. The highest BCUT2D eigenvalue weighted by Crippen LogP contribution is 2.39. The van der Waals surface area contributed by atoms with Gasteiger partial charge in [-0.05, 0) is 77.7 Å². The van der Waals surface area contributed by atoms with Gasteiger partial charge in [-0.25, -0.2) is 4.39 Å². The van der Waals surface area contributed by atoms with Crippen LogP contribution in [0, 0.1) is 18.2 Å². The summed E-state index contributed by atoms with van der Waals surface area (Å²) < 4.78 is 32.8. The lowest BCUT2D eigenvalue weighted by Crippen LogP contribution is -2.32. The van der Waals surface area contributed by atoms with E-state index in [1.165, 1.54) is 12.1 Å². The molecule has 0 unspecified atom stereocenters. The van der Waals surface area contributed by atoms with E-state index in [1.54, 1.807) is 41.9 Å². The van der Waals surface area contributed by atoms with Gasteiger partial charge < -0.3 is 23.7 Å². The first kappa shape index (κ1) is 26.0. The Morgan fingerprint density at radius 2 is 1.62 bits per heavy atom. The lowest BCUT2D eigenvalue weighted by atomic mass is 9.94. The van der Waals surface area contributed by atoms with E-state index in [9.17, 15) is 9.18 Å². The number of halogens is 1. The van der Waals surface area contributed by atoms with Crippen molar-refractivity contribution in [2.45, 2.75) is 20.0 Å². The van der Waals surface area contributed by atoms with Crippen LogP contribution in [0.2, 0.25) is 0 Å². The van der Waals surface area contributed by atoms with Crippen molar-refractivity contribution < 1.29 is 23.4 Å².